The molecule has 0 aliphatic rings. The molecule has 0 amide bonds. The first kappa shape index (κ1) is 15.1. The molecule has 0 fully saturated rings. The van der Waals surface area contributed by atoms with Gasteiger partial charge in [0.2, 0.25) is 10.0 Å². The van der Waals surface area contributed by atoms with Crippen molar-refractivity contribution < 1.29 is 22.8 Å². The molecule has 0 radical (unpaired) electrons. The van der Waals surface area contributed by atoms with Crippen LogP contribution in [0.5, 0.6) is 0 Å². The summed E-state index contributed by atoms with van der Waals surface area (Å²) in [7, 11) is -3.39. The van der Waals surface area contributed by atoms with Gasteiger partial charge in [-0.05, 0) is 13.3 Å². The lowest BCUT2D eigenvalue weighted by atomic mass is 10.4. The number of sulfonamides is 1. The number of ether oxygens (including phenoxy) is 1. The van der Waals surface area contributed by atoms with Gasteiger partial charge in [-0.1, -0.05) is 5.16 Å². The van der Waals surface area contributed by atoms with Gasteiger partial charge in [-0.3, -0.25) is 0 Å². The van der Waals surface area contributed by atoms with Crippen molar-refractivity contribution in [3.8, 4) is 0 Å². The molecule has 0 saturated heterocycles. The lowest BCUT2D eigenvalue weighted by Gasteiger charge is -2.05. The van der Waals surface area contributed by atoms with Crippen molar-refractivity contribution in [3.05, 3.63) is 17.5 Å². The summed E-state index contributed by atoms with van der Waals surface area (Å²) in [5, 5.41) is 12.1. The fourth-order valence-corrected chi connectivity index (χ4v) is 2.38. The van der Waals surface area contributed by atoms with Crippen molar-refractivity contribution in [3.63, 3.8) is 0 Å². The van der Waals surface area contributed by atoms with E-state index >= 15 is 0 Å². The third-order valence-electron chi connectivity index (χ3n) is 2.04. The number of aryl methyl sites for hydroxylation is 1. The summed E-state index contributed by atoms with van der Waals surface area (Å²) < 4.78 is 35.5. The zero-order chi connectivity index (χ0) is 13.4. The molecule has 0 aromatic carbocycles. The minimum absolute atomic E-state index is 0.0305. The Morgan fingerprint density at radius 1 is 1.50 bits per heavy atom. The first-order valence-corrected chi connectivity index (χ1v) is 7.27. The fraction of sp³-hybridized carbons (Fsp3) is 0.700. The SMILES string of the molecule is Cc1cc(CS(=O)(=O)NCCCOCCO)no1. The van der Waals surface area contributed by atoms with Crippen LogP contribution in [0.15, 0.2) is 10.6 Å². The van der Waals surface area contributed by atoms with E-state index in [0.717, 1.165) is 0 Å². The van der Waals surface area contributed by atoms with Crippen LogP contribution < -0.4 is 4.72 Å². The van der Waals surface area contributed by atoms with Crippen LogP contribution in [0.4, 0.5) is 0 Å². The smallest absolute Gasteiger partial charge is 0.217 e. The highest BCUT2D eigenvalue weighted by Crippen LogP contribution is 2.05. The molecule has 1 aromatic heterocycles. The lowest BCUT2D eigenvalue weighted by Crippen LogP contribution is -2.27. The summed E-state index contributed by atoms with van der Waals surface area (Å²) in [5.74, 6) is 0.388. The Labute approximate surface area is 106 Å². The largest absolute Gasteiger partial charge is 0.394 e. The van der Waals surface area contributed by atoms with Gasteiger partial charge in [0, 0.05) is 19.2 Å². The molecule has 1 rings (SSSR count). The van der Waals surface area contributed by atoms with E-state index in [0.29, 0.717) is 31.0 Å². The van der Waals surface area contributed by atoms with Crippen LogP contribution in [0.1, 0.15) is 17.9 Å². The molecule has 1 heterocycles. The number of aromatic nitrogens is 1. The van der Waals surface area contributed by atoms with E-state index in [1.165, 1.54) is 0 Å². The Morgan fingerprint density at radius 2 is 2.28 bits per heavy atom. The quantitative estimate of drug-likeness (QED) is 0.607. The average molecular weight is 278 g/mol. The van der Waals surface area contributed by atoms with E-state index in [1.54, 1.807) is 13.0 Å². The van der Waals surface area contributed by atoms with Crippen LogP contribution in [0, 0.1) is 6.92 Å². The summed E-state index contributed by atoms with van der Waals surface area (Å²) >= 11 is 0. The highest BCUT2D eigenvalue weighted by atomic mass is 32.2. The molecular weight excluding hydrogens is 260 g/mol. The van der Waals surface area contributed by atoms with Crippen LogP contribution in [0.2, 0.25) is 0 Å². The van der Waals surface area contributed by atoms with Gasteiger partial charge in [0.25, 0.3) is 0 Å². The Bertz CT molecular complexity index is 443. The second-order valence-corrected chi connectivity index (χ2v) is 5.58. The van der Waals surface area contributed by atoms with Crippen molar-refractivity contribution in [2.45, 2.75) is 19.1 Å². The molecule has 2 N–H and O–H groups in total. The molecule has 7 nitrogen and oxygen atoms in total. The van der Waals surface area contributed by atoms with E-state index in [9.17, 15) is 8.42 Å². The first-order chi connectivity index (χ1) is 8.53. The normalized spacial score (nSPS) is 11.9. The van der Waals surface area contributed by atoms with Crippen molar-refractivity contribution in [2.24, 2.45) is 0 Å². The van der Waals surface area contributed by atoms with Crippen LogP contribution >= 0.6 is 0 Å². The van der Waals surface area contributed by atoms with Crippen molar-refractivity contribution >= 4 is 10.0 Å². The molecule has 0 bridgehead atoms. The number of hydrogen-bond donors (Lipinski definition) is 2. The molecule has 104 valence electrons. The highest BCUT2D eigenvalue weighted by molar-refractivity contribution is 7.88. The molecule has 1 aromatic rings. The van der Waals surface area contributed by atoms with E-state index < -0.39 is 10.0 Å². The zero-order valence-corrected chi connectivity index (χ0v) is 11.1. The summed E-state index contributed by atoms with van der Waals surface area (Å²) in [6.45, 7) is 2.65. The maximum absolute atomic E-state index is 11.6. The summed E-state index contributed by atoms with van der Waals surface area (Å²) in [5.41, 5.74) is 0.386. The average Bonchev–Trinajstić information content (AvgIpc) is 2.68. The minimum Gasteiger partial charge on any atom is -0.394 e. The lowest BCUT2D eigenvalue weighted by molar-refractivity contribution is 0.0913. The third kappa shape index (κ3) is 6.10. The predicted octanol–water partition coefficient (Wildman–Crippen LogP) is -0.199. The van der Waals surface area contributed by atoms with Gasteiger partial charge in [0.1, 0.15) is 17.2 Å². The standard InChI is InChI=1S/C10H18N2O5S/c1-9-7-10(12-17-9)8-18(14,15)11-3-2-5-16-6-4-13/h7,11,13H,2-6,8H2,1H3. The number of nitrogens with one attached hydrogen (secondary N) is 1. The number of aliphatic hydroxyl groups excluding tert-OH is 1. The van der Waals surface area contributed by atoms with E-state index in [4.69, 9.17) is 14.4 Å². The highest BCUT2D eigenvalue weighted by Gasteiger charge is 2.13. The molecule has 0 unspecified atom stereocenters. The van der Waals surface area contributed by atoms with Gasteiger partial charge < -0.3 is 14.4 Å². The maximum Gasteiger partial charge on any atom is 0.217 e. The molecular formula is C10H18N2O5S. The van der Waals surface area contributed by atoms with Gasteiger partial charge in [0.15, 0.2) is 0 Å². The molecule has 0 aliphatic carbocycles. The maximum atomic E-state index is 11.6. The van der Waals surface area contributed by atoms with Crippen molar-refractivity contribution in [1.29, 1.82) is 0 Å². The van der Waals surface area contributed by atoms with Crippen LogP contribution in [0.25, 0.3) is 0 Å². The van der Waals surface area contributed by atoms with E-state index in [2.05, 4.69) is 9.88 Å². The van der Waals surface area contributed by atoms with Gasteiger partial charge in [-0.15, -0.1) is 0 Å². The minimum atomic E-state index is -3.39. The summed E-state index contributed by atoms with van der Waals surface area (Å²) in [4.78, 5) is 0. The zero-order valence-electron chi connectivity index (χ0n) is 10.3. The summed E-state index contributed by atoms with van der Waals surface area (Å²) in [6.07, 6.45) is 0.553. The first-order valence-electron chi connectivity index (χ1n) is 5.61. The molecule has 8 heteroatoms. The molecule has 0 aliphatic heterocycles. The predicted molar refractivity (Wildman–Crippen MR) is 64.4 cm³/mol. The fourth-order valence-electron chi connectivity index (χ4n) is 1.30. The van der Waals surface area contributed by atoms with Crippen molar-refractivity contribution in [2.75, 3.05) is 26.4 Å². The second-order valence-electron chi connectivity index (χ2n) is 3.77. The van der Waals surface area contributed by atoms with Gasteiger partial charge >= 0.3 is 0 Å². The van der Waals surface area contributed by atoms with Crippen LogP contribution in [-0.4, -0.2) is 45.0 Å². The number of nitrogens with zero attached hydrogens (tertiary/aromatic N) is 1. The summed E-state index contributed by atoms with van der Waals surface area (Å²) in [6, 6.07) is 1.59. The van der Waals surface area contributed by atoms with Crippen molar-refractivity contribution in [1.82, 2.24) is 9.88 Å². The van der Waals surface area contributed by atoms with Gasteiger partial charge in [0.05, 0.1) is 13.2 Å². The van der Waals surface area contributed by atoms with Gasteiger partial charge in [-0.2, -0.15) is 0 Å². The van der Waals surface area contributed by atoms with E-state index in [-0.39, 0.29) is 19.0 Å². The Kier molecular flexibility index (Phi) is 6.27. The number of hydrogen-bond acceptors (Lipinski definition) is 6. The molecule has 0 atom stereocenters. The molecule has 0 spiro atoms. The number of aliphatic hydroxyl groups is 1. The van der Waals surface area contributed by atoms with Gasteiger partial charge in [-0.25, -0.2) is 13.1 Å². The molecule has 0 saturated carbocycles. The Morgan fingerprint density at radius 3 is 2.89 bits per heavy atom. The Balaban J connectivity index is 2.23. The Hall–Kier alpha value is -0.960. The monoisotopic (exact) mass is 278 g/mol. The van der Waals surface area contributed by atoms with Crippen LogP contribution in [0.3, 0.4) is 0 Å². The van der Waals surface area contributed by atoms with Crippen LogP contribution in [-0.2, 0) is 20.5 Å². The molecule has 18 heavy (non-hydrogen) atoms. The number of rotatable bonds is 9. The topological polar surface area (TPSA) is 102 Å². The third-order valence-corrected chi connectivity index (χ3v) is 3.36. The second kappa shape index (κ2) is 7.47. The van der Waals surface area contributed by atoms with E-state index in [1.807, 2.05) is 0 Å².